The molecule has 1 rings (SSSR count). The van der Waals surface area contributed by atoms with Crippen LogP contribution >= 0.6 is 0 Å². The molecule has 0 aliphatic heterocycles. The van der Waals surface area contributed by atoms with Crippen LogP contribution in [0.1, 0.15) is 18.1 Å². The van der Waals surface area contributed by atoms with Gasteiger partial charge in [-0.05, 0) is 23.6 Å². The van der Waals surface area contributed by atoms with Crippen LogP contribution < -0.4 is 10.6 Å². The minimum atomic E-state index is -0.230. The van der Waals surface area contributed by atoms with E-state index in [4.69, 9.17) is 10.6 Å². The minimum Gasteiger partial charge on any atom is -0.496 e. The molecule has 0 aromatic heterocycles. The maximum atomic E-state index is 13.4. The van der Waals surface area contributed by atoms with Gasteiger partial charge in [0.15, 0.2) is 0 Å². The lowest BCUT2D eigenvalue weighted by atomic mass is 10.0. The molecule has 2 N–H and O–H groups in total. The van der Waals surface area contributed by atoms with Crippen LogP contribution in [0.25, 0.3) is 0 Å². The van der Waals surface area contributed by atoms with Gasteiger partial charge < -0.3 is 9.57 Å². The molecule has 0 bridgehead atoms. The lowest BCUT2D eigenvalue weighted by Crippen LogP contribution is -2.06. The van der Waals surface area contributed by atoms with Crippen LogP contribution in [0, 0.1) is 5.82 Å². The number of benzene rings is 1. The minimum absolute atomic E-state index is 0.230. The highest BCUT2D eigenvalue weighted by Crippen LogP contribution is 2.23. The van der Waals surface area contributed by atoms with E-state index in [1.54, 1.807) is 6.07 Å². The van der Waals surface area contributed by atoms with E-state index in [0.717, 1.165) is 5.56 Å². The first-order chi connectivity index (χ1) is 7.22. The zero-order valence-electron chi connectivity index (χ0n) is 9.05. The number of aryl methyl sites for hydroxylation is 1. The molecule has 0 saturated heterocycles. The second-order valence-corrected chi connectivity index (χ2v) is 3.23. The van der Waals surface area contributed by atoms with Gasteiger partial charge in [0.25, 0.3) is 0 Å². The van der Waals surface area contributed by atoms with Crippen LogP contribution in [-0.4, -0.2) is 13.7 Å². The summed E-state index contributed by atoms with van der Waals surface area (Å²) in [6.07, 6.45) is 1.28. The maximum Gasteiger partial charge on any atom is 0.130 e. The van der Waals surface area contributed by atoms with Crippen LogP contribution in [0.4, 0.5) is 4.39 Å². The Morgan fingerprint density at radius 2 is 2.07 bits per heavy atom. The number of nitrogens with two attached hydrogens (primary N) is 1. The van der Waals surface area contributed by atoms with Gasteiger partial charge in [0.1, 0.15) is 11.6 Å². The van der Waals surface area contributed by atoms with Gasteiger partial charge in [-0.2, -0.15) is 0 Å². The molecular weight excluding hydrogens is 197 g/mol. The van der Waals surface area contributed by atoms with E-state index >= 15 is 0 Å². The number of methoxy groups -OCH3 is 1. The monoisotopic (exact) mass is 213 g/mol. The molecule has 0 saturated carbocycles. The van der Waals surface area contributed by atoms with Crippen molar-refractivity contribution < 1.29 is 14.0 Å². The summed E-state index contributed by atoms with van der Waals surface area (Å²) < 4.78 is 18.5. The van der Waals surface area contributed by atoms with E-state index < -0.39 is 0 Å². The highest BCUT2D eigenvalue weighted by atomic mass is 19.1. The fourth-order valence-corrected chi connectivity index (χ4v) is 1.48. The van der Waals surface area contributed by atoms with Gasteiger partial charge in [-0.25, -0.2) is 10.3 Å². The highest BCUT2D eigenvalue weighted by molar-refractivity contribution is 5.38. The number of hydrogen-bond acceptors (Lipinski definition) is 3. The summed E-state index contributed by atoms with van der Waals surface area (Å²) in [6, 6.07) is 3.21. The Bertz CT molecular complexity index is 329. The van der Waals surface area contributed by atoms with Crippen LogP contribution in [0.15, 0.2) is 12.1 Å². The third-order valence-corrected chi connectivity index (χ3v) is 2.32. The predicted octanol–water partition coefficient (Wildman–Crippen LogP) is 1.83. The van der Waals surface area contributed by atoms with Gasteiger partial charge in [-0.15, -0.1) is 0 Å². The molecular formula is C11H16FNO2. The summed E-state index contributed by atoms with van der Waals surface area (Å²) in [5.74, 6) is 5.27. The molecule has 0 unspecified atom stereocenters. The number of hydrogen-bond donors (Lipinski definition) is 1. The molecule has 0 aliphatic carbocycles. The molecule has 3 nitrogen and oxygen atoms in total. The molecule has 0 atom stereocenters. The Kier molecular flexibility index (Phi) is 4.52. The Hall–Kier alpha value is -1.13. The predicted molar refractivity (Wildman–Crippen MR) is 56.2 cm³/mol. The van der Waals surface area contributed by atoms with Crippen molar-refractivity contribution in [3.05, 3.63) is 29.1 Å². The van der Waals surface area contributed by atoms with E-state index in [2.05, 4.69) is 4.84 Å². The van der Waals surface area contributed by atoms with Crippen molar-refractivity contribution in [2.75, 3.05) is 13.7 Å². The van der Waals surface area contributed by atoms with Gasteiger partial charge in [0.2, 0.25) is 0 Å². The van der Waals surface area contributed by atoms with Crippen molar-refractivity contribution in [3.63, 3.8) is 0 Å². The van der Waals surface area contributed by atoms with E-state index in [1.165, 1.54) is 13.2 Å². The second-order valence-electron chi connectivity index (χ2n) is 3.23. The van der Waals surface area contributed by atoms with Gasteiger partial charge in [0.05, 0.1) is 13.7 Å². The van der Waals surface area contributed by atoms with Crippen molar-refractivity contribution in [1.82, 2.24) is 0 Å². The summed E-state index contributed by atoms with van der Waals surface area (Å²) in [4.78, 5) is 4.50. The molecule has 15 heavy (non-hydrogen) atoms. The van der Waals surface area contributed by atoms with Gasteiger partial charge in [-0.1, -0.05) is 6.92 Å². The maximum absolute atomic E-state index is 13.4. The largest absolute Gasteiger partial charge is 0.496 e. The van der Waals surface area contributed by atoms with Gasteiger partial charge in [-0.3, -0.25) is 0 Å². The van der Waals surface area contributed by atoms with Crippen molar-refractivity contribution in [1.29, 1.82) is 0 Å². The zero-order chi connectivity index (χ0) is 11.3. The Morgan fingerprint density at radius 1 is 1.33 bits per heavy atom. The first kappa shape index (κ1) is 11.9. The number of rotatable bonds is 5. The number of ether oxygens (including phenoxy) is 1. The van der Waals surface area contributed by atoms with Crippen molar-refractivity contribution in [2.24, 2.45) is 5.90 Å². The molecule has 0 fully saturated rings. The van der Waals surface area contributed by atoms with Crippen LogP contribution in [0.3, 0.4) is 0 Å². The lowest BCUT2D eigenvalue weighted by molar-refractivity contribution is 0.140. The summed E-state index contributed by atoms with van der Waals surface area (Å²) in [6.45, 7) is 2.30. The average Bonchev–Trinajstić information content (AvgIpc) is 2.26. The molecule has 0 amide bonds. The number of halogens is 1. The van der Waals surface area contributed by atoms with Crippen LogP contribution in [0.5, 0.6) is 5.75 Å². The first-order valence-corrected chi connectivity index (χ1v) is 4.89. The summed E-state index contributed by atoms with van der Waals surface area (Å²) >= 11 is 0. The Balaban J connectivity index is 2.99. The topological polar surface area (TPSA) is 44.5 Å². The Morgan fingerprint density at radius 3 is 2.60 bits per heavy atom. The SMILES string of the molecule is CCc1cc(CCON)c(OC)cc1F. The standard InChI is InChI=1S/C11H16FNO2/c1-3-8-6-9(4-5-15-13)11(14-2)7-10(8)12/h6-7H,3-5,13H2,1-2H3. The first-order valence-electron chi connectivity index (χ1n) is 4.89. The highest BCUT2D eigenvalue weighted by Gasteiger charge is 2.09. The van der Waals surface area contributed by atoms with Crippen LogP contribution in [0.2, 0.25) is 0 Å². The average molecular weight is 213 g/mol. The summed E-state index contributed by atoms with van der Waals surface area (Å²) in [5, 5.41) is 0. The molecule has 1 aromatic rings. The van der Waals surface area contributed by atoms with Crippen molar-refractivity contribution >= 4 is 0 Å². The van der Waals surface area contributed by atoms with E-state index in [1.807, 2.05) is 6.92 Å². The lowest BCUT2D eigenvalue weighted by Gasteiger charge is -2.10. The van der Waals surface area contributed by atoms with Crippen molar-refractivity contribution in [2.45, 2.75) is 19.8 Å². The molecule has 0 aliphatic rings. The molecule has 0 heterocycles. The smallest absolute Gasteiger partial charge is 0.130 e. The third kappa shape index (κ3) is 2.91. The van der Waals surface area contributed by atoms with Crippen LogP contribution in [-0.2, 0) is 17.7 Å². The summed E-state index contributed by atoms with van der Waals surface area (Å²) in [7, 11) is 1.52. The van der Waals surface area contributed by atoms with E-state index in [-0.39, 0.29) is 5.82 Å². The van der Waals surface area contributed by atoms with Gasteiger partial charge in [0, 0.05) is 12.5 Å². The van der Waals surface area contributed by atoms with Gasteiger partial charge >= 0.3 is 0 Å². The fourth-order valence-electron chi connectivity index (χ4n) is 1.48. The molecule has 0 spiro atoms. The molecule has 4 heteroatoms. The summed E-state index contributed by atoms with van der Waals surface area (Å²) in [5.41, 5.74) is 1.60. The third-order valence-electron chi connectivity index (χ3n) is 2.32. The normalized spacial score (nSPS) is 10.4. The fraction of sp³-hybridized carbons (Fsp3) is 0.455. The Labute approximate surface area is 88.9 Å². The van der Waals surface area contributed by atoms with E-state index in [9.17, 15) is 4.39 Å². The molecule has 0 radical (unpaired) electrons. The quantitative estimate of drug-likeness (QED) is 0.759. The molecule has 84 valence electrons. The molecule has 1 aromatic carbocycles. The van der Waals surface area contributed by atoms with Crippen molar-refractivity contribution in [3.8, 4) is 5.75 Å². The van der Waals surface area contributed by atoms with E-state index in [0.29, 0.717) is 30.8 Å². The zero-order valence-corrected chi connectivity index (χ0v) is 9.05. The second kappa shape index (κ2) is 5.68.